The Morgan fingerprint density at radius 2 is 1.29 bits per heavy atom. The molecule has 0 saturated heterocycles. The van der Waals surface area contributed by atoms with Gasteiger partial charge in [0.15, 0.2) is 0 Å². The third-order valence-corrected chi connectivity index (χ3v) is 8.41. The SMILES string of the molecule is Cn1c(-c2ccccc2Nc2ccccc2)nc2c(-c3cc(-c4cc(-c5ccccc5)ccn4)cc(C(C)(C)C)c3)cccc21. The smallest absolute Gasteiger partial charge is 0.142 e. The van der Waals surface area contributed by atoms with Crippen molar-refractivity contribution in [2.45, 2.75) is 26.2 Å². The van der Waals surface area contributed by atoms with Crippen molar-refractivity contribution in [2.24, 2.45) is 7.05 Å². The van der Waals surface area contributed by atoms with E-state index in [1.807, 2.05) is 30.5 Å². The Labute approximate surface area is 265 Å². The molecule has 4 nitrogen and oxygen atoms in total. The lowest BCUT2D eigenvalue weighted by molar-refractivity contribution is 0.590. The molecule has 2 heterocycles. The summed E-state index contributed by atoms with van der Waals surface area (Å²) in [6.45, 7) is 6.79. The molecule has 0 amide bonds. The Bertz CT molecular complexity index is 2120. The number of hydrogen-bond donors (Lipinski definition) is 1. The standard InChI is InChI=1S/C41H36N4/c1-41(2,3)32-25-30(24-31(26-32)37-27-29(22-23-42-37)28-14-7-5-8-15-28)34-19-13-21-38-39(34)44-40(45(38)4)35-18-11-12-20-36(35)43-33-16-9-6-10-17-33/h5-27,43H,1-4H3. The van der Waals surface area contributed by atoms with Crippen molar-refractivity contribution in [3.05, 3.63) is 145 Å². The molecule has 0 atom stereocenters. The summed E-state index contributed by atoms with van der Waals surface area (Å²) in [4.78, 5) is 10.1. The van der Waals surface area contributed by atoms with Crippen LogP contribution in [0.3, 0.4) is 0 Å². The average Bonchev–Trinajstić information content (AvgIpc) is 3.41. The van der Waals surface area contributed by atoms with Crippen molar-refractivity contribution < 1.29 is 0 Å². The van der Waals surface area contributed by atoms with Crippen molar-refractivity contribution in [3.63, 3.8) is 0 Å². The third-order valence-electron chi connectivity index (χ3n) is 8.41. The summed E-state index contributed by atoms with van der Waals surface area (Å²) in [5, 5.41) is 3.59. The van der Waals surface area contributed by atoms with E-state index in [-0.39, 0.29) is 5.41 Å². The maximum absolute atomic E-state index is 5.32. The first-order chi connectivity index (χ1) is 21.8. The van der Waals surface area contributed by atoms with E-state index in [0.717, 1.165) is 61.7 Å². The van der Waals surface area contributed by atoms with Crippen LogP contribution in [-0.4, -0.2) is 14.5 Å². The van der Waals surface area contributed by atoms with Crippen molar-refractivity contribution in [1.29, 1.82) is 0 Å². The molecule has 0 aliphatic heterocycles. The molecule has 2 aromatic heterocycles. The van der Waals surface area contributed by atoms with Crippen LogP contribution in [0.1, 0.15) is 26.3 Å². The minimum Gasteiger partial charge on any atom is -0.355 e. The highest BCUT2D eigenvalue weighted by molar-refractivity contribution is 5.96. The molecule has 0 spiro atoms. The van der Waals surface area contributed by atoms with Crippen LogP contribution in [0.5, 0.6) is 0 Å². The summed E-state index contributed by atoms with van der Waals surface area (Å²) in [5.74, 6) is 0.918. The second-order valence-electron chi connectivity index (χ2n) is 12.5. The summed E-state index contributed by atoms with van der Waals surface area (Å²) in [5.41, 5.74) is 13.0. The first kappa shape index (κ1) is 28.3. The maximum atomic E-state index is 5.32. The van der Waals surface area contributed by atoms with Gasteiger partial charge in [-0.05, 0) is 82.3 Å². The Balaban J connectivity index is 1.37. The number of rotatable bonds is 6. The number of fused-ring (bicyclic) bond motifs is 1. The van der Waals surface area contributed by atoms with Crippen LogP contribution in [0.25, 0.3) is 55.9 Å². The normalized spacial score (nSPS) is 11.6. The van der Waals surface area contributed by atoms with Crippen molar-refractivity contribution in [1.82, 2.24) is 14.5 Å². The number of benzene rings is 5. The van der Waals surface area contributed by atoms with Gasteiger partial charge in [0.05, 0.1) is 16.7 Å². The van der Waals surface area contributed by atoms with Crippen LogP contribution in [0.15, 0.2) is 140 Å². The molecule has 0 unspecified atom stereocenters. The fourth-order valence-electron chi connectivity index (χ4n) is 5.91. The lowest BCUT2D eigenvalue weighted by atomic mass is 9.83. The van der Waals surface area contributed by atoms with E-state index < -0.39 is 0 Å². The lowest BCUT2D eigenvalue weighted by Crippen LogP contribution is -2.11. The Morgan fingerprint density at radius 3 is 2.07 bits per heavy atom. The summed E-state index contributed by atoms with van der Waals surface area (Å²) < 4.78 is 2.20. The zero-order valence-corrected chi connectivity index (χ0v) is 26.1. The van der Waals surface area contributed by atoms with Gasteiger partial charge in [-0.2, -0.15) is 0 Å². The molecule has 0 aliphatic rings. The van der Waals surface area contributed by atoms with Crippen molar-refractivity contribution in [2.75, 3.05) is 5.32 Å². The van der Waals surface area contributed by atoms with Gasteiger partial charge in [0.1, 0.15) is 5.82 Å². The third kappa shape index (κ3) is 5.63. The molecule has 45 heavy (non-hydrogen) atoms. The Hall–Kier alpha value is -5.48. The van der Waals surface area contributed by atoms with Gasteiger partial charge < -0.3 is 9.88 Å². The van der Waals surface area contributed by atoms with Gasteiger partial charge in [-0.25, -0.2) is 4.98 Å². The molecule has 0 aliphatic carbocycles. The van der Waals surface area contributed by atoms with Crippen LogP contribution < -0.4 is 5.32 Å². The van der Waals surface area contributed by atoms with E-state index in [1.165, 1.54) is 11.1 Å². The molecule has 0 bridgehead atoms. The van der Waals surface area contributed by atoms with Crippen LogP contribution in [-0.2, 0) is 12.5 Å². The molecule has 0 radical (unpaired) electrons. The molecule has 1 N–H and O–H groups in total. The molecular formula is C41H36N4. The van der Waals surface area contributed by atoms with Crippen LogP contribution in [0.2, 0.25) is 0 Å². The average molecular weight is 585 g/mol. The zero-order valence-electron chi connectivity index (χ0n) is 26.1. The number of pyridine rings is 1. The van der Waals surface area contributed by atoms with Gasteiger partial charge in [-0.1, -0.05) is 99.6 Å². The fraction of sp³-hybridized carbons (Fsp3) is 0.122. The maximum Gasteiger partial charge on any atom is 0.142 e. The van der Waals surface area contributed by atoms with Crippen LogP contribution in [0.4, 0.5) is 11.4 Å². The lowest BCUT2D eigenvalue weighted by Gasteiger charge is -2.22. The Kier molecular flexibility index (Phi) is 7.26. The van der Waals surface area contributed by atoms with Crippen molar-refractivity contribution >= 4 is 22.4 Å². The number of hydrogen-bond acceptors (Lipinski definition) is 3. The van der Waals surface area contributed by atoms with E-state index in [1.54, 1.807) is 0 Å². The first-order valence-corrected chi connectivity index (χ1v) is 15.4. The van der Waals surface area contributed by atoms with Gasteiger partial charge in [-0.3, -0.25) is 4.98 Å². The molecule has 0 fully saturated rings. The van der Waals surface area contributed by atoms with Gasteiger partial charge in [0.2, 0.25) is 0 Å². The largest absolute Gasteiger partial charge is 0.355 e. The number of anilines is 2. The molecule has 7 aromatic rings. The zero-order chi connectivity index (χ0) is 31.0. The quantitative estimate of drug-likeness (QED) is 0.211. The van der Waals surface area contributed by atoms with E-state index in [0.29, 0.717) is 0 Å². The molecular weight excluding hydrogens is 548 g/mol. The second kappa shape index (κ2) is 11.5. The predicted molar refractivity (Wildman–Crippen MR) is 189 cm³/mol. The highest BCUT2D eigenvalue weighted by atomic mass is 15.1. The summed E-state index contributed by atoms with van der Waals surface area (Å²) >= 11 is 0. The number of nitrogens with zero attached hydrogens (tertiary/aromatic N) is 3. The molecule has 7 rings (SSSR count). The molecule has 4 heteroatoms. The number of aromatic nitrogens is 3. The highest BCUT2D eigenvalue weighted by Crippen LogP contribution is 2.38. The van der Waals surface area contributed by atoms with Gasteiger partial charge in [0, 0.05) is 41.3 Å². The van der Waals surface area contributed by atoms with E-state index >= 15 is 0 Å². The van der Waals surface area contributed by atoms with Gasteiger partial charge >= 0.3 is 0 Å². The van der Waals surface area contributed by atoms with Crippen LogP contribution >= 0.6 is 0 Å². The monoisotopic (exact) mass is 584 g/mol. The second-order valence-corrected chi connectivity index (χ2v) is 12.5. The number of para-hydroxylation sites is 3. The molecule has 220 valence electrons. The number of nitrogens with one attached hydrogen (secondary N) is 1. The van der Waals surface area contributed by atoms with E-state index in [2.05, 4.69) is 147 Å². The number of imidazole rings is 1. The van der Waals surface area contributed by atoms with E-state index in [9.17, 15) is 0 Å². The van der Waals surface area contributed by atoms with Gasteiger partial charge in [-0.15, -0.1) is 0 Å². The highest BCUT2D eigenvalue weighted by Gasteiger charge is 2.20. The van der Waals surface area contributed by atoms with Crippen LogP contribution in [0, 0.1) is 0 Å². The molecule has 0 saturated carbocycles. The summed E-state index contributed by atoms with van der Waals surface area (Å²) in [6, 6.07) is 46.7. The predicted octanol–water partition coefficient (Wildman–Crippen LogP) is 10.7. The molecule has 5 aromatic carbocycles. The summed E-state index contributed by atoms with van der Waals surface area (Å²) in [6.07, 6.45) is 1.91. The topological polar surface area (TPSA) is 42.7 Å². The van der Waals surface area contributed by atoms with Gasteiger partial charge in [0.25, 0.3) is 0 Å². The number of aryl methyl sites for hydroxylation is 1. The fourth-order valence-corrected chi connectivity index (χ4v) is 5.91. The minimum absolute atomic E-state index is 0.0486. The first-order valence-electron chi connectivity index (χ1n) is 15.4. The van der Waals surface area contributed by atoms with Crippen molar-refractivity contribution in [3.8, 4) is 44.9 Å². The summed E-state index contributed by atoms with van der Waals surface area (Å²) in [7, 11) is 2.10. The van der Waals surface area contributed by atoms with E-state index in [4.69, 9.17) is 9.97 Å². The Morgan fingerprint density at radius 1 is 0.600 bits per heavy atom. The minimum atomic E-state index is -0.0486.